The molecule has 0 aliphatic carbocycles. The molecule has 1 heterocycles. The molecule has 0 aliphatic rings. The fourth-order valence-electron chi connectivity index (χ4n) is 1.75. The van der Waals surface area contributed by atoms with Crippen LogP contribution in [0.25, 0.3) is 10.1 Å². The third-order valence-corrected chi connectivity index (χ3v) is 3.82. The second-order valence-electron chi connectivity index (χ2n) is 4.25. The summed E-state index contributed by atoms with van der Waals surface area (Å²) < 4.78 is 6.29. The van der Waals surface area contributed by atoms with Crippen LogP contribution in [0.4, 0.5) is 5.69 Å². The van der Waals surface area contributed by atoms with E-state index < -0.39 is 0 Å². The number of carbonyl (C=O) groups is 1. The zero-order valence-corrected chi connectivity index (χ0v) is 11.3. The van der Waals surface area contributed by atoms with E-state index in [1.54, 1.807) is 0 Å². The maximum Gasteiger partial charge on any atom is 0.348 e. The summed E-state index contributed by atoms with van der Waals surface area (Å²) in [6, 6.07) is 7.50. The number of nitrogens with two attached hydrogens (primary N) is 1. The molecule has 0 atom stereocenters. The fourth-order valence-corrected chi connectivity index (χ4v) is 2.69. The van der Waals surface area contributed by atoms with E-state index in [1.165, 1.54) is 11.3 Å². The van der Waals surface area contributed by atoms with Crippen molar-refractivity contribution in [2.75, 3.05) is 12.3 Å². The Hall–Kier alpha value is -1.55. The quantitative estimate of drug-likeness (QED) is 0.506. The Labute approximate surface area is 111 Å². The van der Waals surface area contributed by atoms with Crippen LogP contribution in [-0.2, 0) is 4.74 Å². The van der Waals surface area contributed by atoms with Crippen molar-refractivity contribution in [3.8, 4) is 0 Å². The van der Waals surface area contributed by atoms with Gasteiger partial charge in [-0.2, -0.15) is 0 Å². The Morgan fingerprint density at radius 2 is 2.17 bits per heavy atom. The summed E-state index contributed by atoms with van der Waals surface area (Å²) in [6.07, 6.45) is 3.15. The number of carbonyl (C=O) groups excluding carboxylic acids is 1. The van der Waals surface area contributed by atoms with Crippen molar-refractivity contribution in [3.05, 3.63) is 29.1 Å². The molecule has 1 aromatic carbocycles. The first-order chi connectivity index (χ1) is 8.70. The van der Waals surface area contributed by atoms with Gasteiger partial charge in [-0.3, -0.25) is 0 Å². The van der Waals surface area contributed by atoms with E-state index in [9.17, 15) is 4.79 Å². The van der Waals surface area contributed by atoms with Gasteiger partial charge in [-0.1, -0.05) is 19.8 Å². The molecule has 0 saturated heterocycles. The molecule has 0 saturated carbocycles. The van der Waals surface area contributed by atoms with Gasteiger partial charge in [0.05, 0.1) is 6.61 Å². The van der Waals surface area contributed by atoms with Crippen LogP contribution < -0.4 is 5.73 Å². The zero-order valence-electron chi connectivity index (χ0n) is 10.4. The van der Waals surface area contributed by atoms with E-state index in [0.717, 1.165) is 29.3 Å². The Kier molecular flexibility index (Phi) is 4.20. The summed E-state index contributed by atoms with van der Waals surface area (Å²) in [5.74, 6) is -0.231. The first-order valence-corrected chi connectivity index (χ1v) is 6.98. The van der Waals surface area contributed by atoms with Crippen molar-refractivity contribution in [1.82, 2.24) is 0 Å². The number of anilines is 1. The molecule has 18 heavy (non-hydrogen) atoms. The summed E-state index contributed by atoms with van der Waals surface area (Å²) in [4.78, 5) is 12.5. The maximum absolute atomic E-state index is 11.8. The van der Waals surface area contributed by atoms with Crippen LogP contribution in [0.5, 0.6) is 0 Å². The van der Waals surface area contributed by atoms with Crippen molar-refractivity contribution in [2.45, 2.75) is 26.2 Å². The summed E-state index contributed by atoms with van der Waals surface area (Å²) >= 11 is 1.45. The number of rotatable bonds is 5. The van der Waals surface area contributed by atoms with Crippen molar-refractivity contribution in [2.24, 2.45) is 0 Å². The predicted molar refractivity (Wildman–Crippen MR) is 76.0 cm³/mol. The first kappa shape index (κ1) is 12.9. The van der Waals surface area contributed by atoms with Gasteiger partial charge in [-0.05, 0) is 36.1 Å². The zero-order chi connectivity index (χ0) is 13.0. The van der Waals surface area contributed by atoms with Crippen LogP contribution in [0.2, 0.25) is 0 Å². The molecule has 1 aromatic heterocycles. The van der Waals surface area contributed by atoms with Crippen LogP contribution in [0.1, 0.15) is 35.9 Å². The van der Waals surface area contributed by atoms with Gasteiger partial charge in [0.15, 0.2) is 0 Å². The highest BCUT2D eigenvalue weighted by molar-refractivity contribution is 7.20. The molecule has 96 valence electrons. The van der Waals surface area contributed by atoms with Gasteiger partial charge >= 0.3 is 5.97 Å². The third-order valence-electron chi connectivity index (χ3n) is 2.72. The Bertz CT molecular complexity index is 548. The number of hydrogen-bond donors (Lipinski definition) is 1. The van der Waals surface area contributed by atoms with Crippen LogP contribution in [0, 0.1) is 0 Å². The highest BCUT2D eigenvalue weighted by Crippen LogP contribution is 2.27. The monoisotopic (exact) mass is 263 g/mol. The smallest absolute Gasteiger partial charge is 0.348 e. The van der Waals surface area contributed by atoms with Gasteiger partial charge in [-0.15, -0.1) is 11.3 Å². The average molecular weight is 263 g/mol. The molecular formula is C14H17NO2S. The van der Waals surface area contributed by atoms with Crippen molar-refractivity contribution < 1.29 is 9.53 Å². The van der Waals surface area contributed by atoms with Crippen LogP contribution in [0.3, 0.4) is 0 Å². The molecule has 4 heteroatoms. The summed E-state index contributed by atoms with van der Waals surface area (Å²) in [5, 5.41) is 1.00. The summed E-state index contributed by atoms with van der Waals surface area (Å²) in [7, 11) is 0. The number of nitrogen functional groups attached to an aromatic ring is 1. The number of unbranched alkanes of at least 4 members (excludes halogenated alkanes) is 2. The van der Waals surface area contributed by atoms with Crippen LogP contribution in [0.15, 0.2) is 24.3 Å². The Morgan fingerprint density at radius 1 is 1.33 bits per heavy atom. The van der Waals surface area contributed by atoms with Gasteiger partial charge < -0.3 is 10.5 Å². The molecule has 0 radical (unpaired) electrons. The lowest BCUT2D eigenvalue weighted by Gasteiger charge is -2.01. The molecule has 2 aromatic rings. The lowest BCUT2D eigenvalue weighted by Crippen LogP contribution is -2.04. The lowest BCUT2D eigenvalue weighted by atomic mass is 10.2. The third kappa shape index (κ3) is 3.01. The van der Waals surface area contributed by atoms with E-state index in [-0.39, 0.29) is 5.97 Å². The molecule has 2 rings (SSSR count). The second kappa shape index (κ2) is 5.87. The summed E-state index contributed by atoms with van der Waals surface area (Å²) in [5.41, 5.74) is 6.42. The van der Waals surface area contributed by atoms with Crippen LogP contribution >= 0.6 is 11.3 Å². The fraction of sp³-hybridized carbons (Fsp3) is 0.357. The number of esters is 1. The van der Waals surface area contributed by atoms with E-state index in [1.807, 2.05) is 24.3 Å². The minimum absolute atomic E-state index is 0.231. The van der Waals surface area contributed by atoms with Crippen LogP contribution in [-0.4, -0.2) is 12.6 Å². The molecule has 0 fully saturated rings. The normalized spacial score (nSPS) is 10.7. The van der Waals surface area contributed by atoms with Gasteiger partial charge in [0, 0.05) is 10.4 Å². The standard InChI is InChI=1S/C14H17NO2S/c1-2-3-4-7-17-14(16)13-9-10-8-11(15)5-6-12(10)18-13/h5-6,8-9H,2-4,7,15H2,1H3. The highest BCUT2D eigenvalue weighted by Gasteiger charge is 2.11. The van der Waals surface area contributed by atoms with E-state index in [4.69, 9.17) is 10.5 Å². The molecule has 0 aliphatic heterocycles. The summed E-state index contributed by atoms with van der Waals surface area (Å²) in [6.45, 7) is 2.63. The predicted octanol–water partition coefficient (Wildman–Crippen LogP) is 3.83. The number of fused-ring (bicyclic) bond motifs is 1. The van der Waals surface area contributed by atoms with Gasteiger partial charge in [0.1, 0.15) is 4.88 Å². The van der Waals surface area contributed by atoms with Gasteiger partial charge in [0.2, 0.25) is 0 Å². The van der Waals surface area contributed by atoms with E-state index in [2.05, 4.69) is 6.92 Å². The highest BCUT2D eigenvalue weighted by atomic mass is 32.1. The minimum Gasteiger partial charge on any atom is -0.462 e. The average Bonchev–Trinajstić information content (AvgIpc) is 2.77. The number of hydrogen-bond acceptors (Lipinski definition) is 4. The number of benzene rings is 1. The minimum atomic E-state index is -0.231. The molecular weight excluding hydrogens is 246 g/mol. The Balaban J connectivity index is 2.04. The molecule has 0 bridgehead atoms. The molecule has 0 spiro atoms. The topological polar surface area (TPSA) is 52.3 Å². The number of ether oxygens (including phenoxy) is 1. The van der Waals surface area contributed by atoms with Gasteiger partial charge in [0.25, 0.3) is 0 Å². The molecule has 2 N–H and O–H groups in total. The molecule has 3 nitrogen and oxygen atoms in total. The lowest BCUT2D eigenvalue weighted by molar-refractivity contribution is 0.0504. The largest absolute Gasteiger partial charge is 0.462 e. The Morgan fingerprint density at radius 3 is 2.94 bits per heavy atom. The second-order valence-corrected chi connectivity index (χ2v) is 5.33. The molecule has 0 amide bonds. The maximum atomic E-state index is 11.8. The first-order valence-electron chi connectivity index (χ1n) is 6.17. The van der Waals surface area contributed by atoms with Crippen molar-refractivity contribution in [1.29, 1.82) is 0 Å². The van der Waals surface area contributed by atoms with Crippen molar-refractivity contribution in [3.63, 3.8) is 0 Å². The van der Waals surface area contributed by atoms with E-state index in [0.29, 0.717) is 17.2 Å². The van der Waals surface area contributed by atoms with Gasteiger partial charge in [-0.25, -0.2) is 4.79 Å². The number of thiophene rings is 1. The molecule has 0 unspecified atom stereocenters. The SMILES string of the molecule is CCCCCOC(=O)c1cc2cc(N)ccc2s1. The van der Waals surface area contributed by atoms with Crippen molar-refractivity contribution >= 4 is 33.1 Å². The van der Waals surface area contributed by atoms with E-state index >= 15 is 0 Å².